The molecule has 1 amide bonds. The molecule has 0 spiro atoms. The van der Waals surface area contributed by atoms with Gasteiger partial charge in [0.1, 0.15) is 5.75 Å². The van der Waals surface area contributed by atoms with Crippen LogP contribution in [0.3, 0.4) is 0 Å². The molecule has 0 aliphatic carbocycles. The maximum absolute atomic E-state index is 12.3. The Morgan fingerprint density at radius 1 is 1.13 bits per heavy atom. The Hall–Kier alpha value is -2.04. The van der Waals surface area contributed by atoms with Crippen molar-refractivity contribution in [1.82, 2.24) is 0 Å². The number of hydrogen-bond donors (Lipinski definition) is 2. The molecule has 0 fully saturated rings. The third-order valence-corrected chi connectivity index (χ3v) is 3.57. The van der Waals surface area contributed by atoms with Gasteiger partial charge in [-0.2, -0.15) is 0 Å². The van der Waals surface area contributed by atoms with Crippen molar-refractivity contribution in [3.8, 4) is 5.75 Å². The third kappa shape index (κ3) is 5.27. The van der Waals surface area contributed by atoms with E-state index in [2.05, 4.69) is 5.32 Å². The first-order chi connectivity index (χ1) is 10.6. The second-order valence-corrected chi connectivity index (χ2v) is 5.17. The van der Waals surface area contributed by atoms with Crippen molar-refractivity contribution in [3.05, 3.63) is 60.2 Å². The first-order valence-corrected chi connectivity index (χ1v) is 7.46. The van der Waals surface area contributed by atoms with Crippen LogP contribution in [-0.4, -0.2) is 12.5 Å². The van der Waals surface area contributed by atoms with Gasteiger partial charge < -0.3 is 15.8 Å². The molecule has 0 aliphatic heterocycles. The SMILES string of the molecule is CCOc1ccc(NC(=O)C(C)C(N)c2ccccc2)cc1.Cl. The molecule has 23 heavy (non-hydrogen) atoms. The Bertz CT molecular complexity index is 602. The van der Waals surface area contributed by atoms with Crippen LogP contribution in [0.25, 0.3) is 0 Å². The Labute approximate surface area is 143 Å². The molecule has 124 valence electrons. The minimum atomic E-state index is -0.330. The summed E-state index contributed by atoms with van der Waals surface area (Å²) in [5, 5.41) is 2.89. The van der Waals surface area contributed by atoms with Gasteiger partial charge in [0.05, 0.1) is 12.5 Å². The van der Waals surface area contributed by atoms with Gasteiger partial charge in [-0.3, -0.25) is 4.79 Å². The van der Waals surface area contributed by atoms with Crippen LogP contribution in [0, 0.1) is 5.92 Å². The molecule has 4 nitrogen and oxygen atoms in total. The van der Waals surface area contributed by atoms with Gasteiger partial charge in [0.25, 0.3) is 0 Å². The van der Waals surface area contributed by atoms with Crippen LogP contribution < -0.4 is 15.8 Å². The highest BCUT2D eigenvalue weighted by atomic mass is 35.5. The van der Waals surface area contributed by atoms with Crippen molar-refractivity contribution in [1.29, 1.82) is 0 Å². The van der Waals surface area contributed by atoms with Crippen molar-refractivity contribution in [3.63, 3.8) is 0 Å². The molecule has 2 atom stereocenters. The second kappa shape index (κ2) is 9.18. The predicted octanol–water partition coefficient (Wildman–Crippen LogP) is 3.78. The van der Waals surface area contributed by atoms with Crippen LogP contribution in [0.1, 0.15) is 25.5 Å². The summed E-state index contributed by atoms with van der Waals surface area (Å²) < 4.78 is 5.38. The van der Waals surface area contributed by atoms with Gasteiger partial charge in [-0.1, -0.05) is 37.3 Å². The maximum Gasteiger partial charge on any atom is 0.229 e. The average molecular weight is 335 g/mol. The first-order valence-electron chi connectivity index (χ1n) is 7.46. The van der Waals surface area contributed by atoms with Crippen molar-refractivity contribution in [2.75, 3.05) is 11.9 Å². The molecule has 2 rings (SSSR count). The van der Waals surface area contributed by atoms with E-state index in [1.807, 2.05) is 68.4 Å². The monoisotopic (exact) mass is 334 g/mol. The molecule has 0 aliphatic rings. The Morgan fingerprint density at radius 3 is 2.30 bits per heavy atom. The van der Waals surface area contributed by atoms with Crippen molar-refractivity contribution >= 4 is 24.0 Å². The number of rotatable bonds is 6. The van der Waals surface area contributed by atoms with E-state index in [-0.39, 0.29) is 30.3 Å². The topological polar surface area (TPSA) is 64.3 Å². The van der Waals surface area contributed by atoms with E-state index in [0.717, 1.165) is 17.0 Å². The summed E-state index contributed by atoms with van der Waals surface area (Å²) in [6.45, 7) is 4.39. The van der Waals surface area contributed by atoms with Crippen molar-refractivity contribution in [2.24, 2.45) is 11.7 Å². The summed E-state index contributed by atoms with van der Waals surface area (Å²) in [5.74, 6) is 0.365. The van der Waals surface area contributed by atoms with E-state index in [0.29, 0.717) is 6.61 Å². The zero-order valence-electron chi connectivity index (χ0n) is 13.4. The highest BCUT2D eigenvalue weighted by Gasteiger charge is 2.22. The highest BCUT2D eigenvalue weighted by molar-refractivity contribution is 5.92. The number of ether oxygens (including phenoxy) is 1. The van der Waals surface area contributed by atoms with E-state index in [4.69, 9.17) is 10.5 Å². The smallest absolute Gasteiger partial charge is 0.229 e. The van der Waals surface area contributed by atoms with Gasteiger partial charge in [0, 0.05) is 11.7 Å². The second-order valence-electron chi connectivity index (χ2n) is 5.17. The number of carbonyl (C=O) groups excluding carboxylic acids is 1. The maximum atomic E-state index is 12.3. The number of nitrogens with one attached hydrogen (secondary N) is 1. The summed E-state index contributed by atoms with van der Waals surface area (Å²) in [6.07, 6.45) is 0. The summed E-state index contributed by atoms with van der Waals surface area (Å²) in [7, 11) is 0. The van der Waals surface area contributed by atoms with Gasteiger partial charge in [-0.25, -0.2) is 0 Å². The number of nitrogens with two attached hydrogens (primary N) is 1. The molecule has 0 saturated carbocycles. The van der Waals surface area contributed by atoms with Crippen molar-refractivity contribution in [2.45, 2.75) is 19.9 Å². The lowest BCUT2D eigenvalue weighted by Crippen LogP contribution is -2.30. The van der Waals surface area contributed by atoms with Gasteiger partial charge in [0.15, 0.2) is 0 Å². The fourth-order valence-corrected chi connectivity index (χ4v) is 2.18. The lowest BCUT2D eigenvalue weighted by atomic mass is 9.94. The third-order valence-electron chi connectivity index (χ3n) is 3.57. The number of hydrogen-bond acceptors (Lipinski definition) is 3. The quantitative estimate of drug-likeness (QED) is 0.845. The summed E-state index contributed by atoms with van der Waals surface area (Å²) in [5.41, 5.74) is 7.87. The molecule has 0 bridgehead atoms. The molecule has 2 unspecified atom stereocenters. The standard InChI is InChI=1S/C18H22N2O2.ClH/c1-3-22-16-11-9-15(10-12-16)20-18(21)13(2)17(19)14-7-5-4-6-8-14;/h4-13,17H,3,19H2,1-2H3,(H,20,21);1H. The van der Waals surface area contributed by atoms with Crippen LogP contribution in [0.2, 0.25) is 0 Å². The molecule has 5 heteroatoms. The normalized spacial score (nSPS) is 12.7. The lowest BCUT2D eigenvalue weighted by molar-refractivity contribution is -0.120. The van der Waals surface area contributed by atoms with Gasteiger partial charge >= 0.3 is 0 Å². The number of benzene rings is 2. The molecule has 0 saturated heterocycles. The molecule has 0 radical (unpaired) electrons. The largest absolute Gasteiger partial charge is 0.494 e. The number of amides is 1. The first kappa shape index (κ1) is 19.0. The Balaban J connectivity index is 0.00000264. The van der Waals surface area contributed by atoms with E-state index >= 15 is 0 Å². The predicted molar refractivity (Wildman–Crippen MR) is 96.0 cm³/mol. The number of halogens is 1. The van der Waals surface area contributed by atoms with Crippen LogP contribution in [0.5, 0.6) is 5.75 Å². The van der Waals surface area contributed by atoms with E-state index < -0.39 is 0 Å². The minimum absolute atomic E-state index is 0. The molecule has 2 aromatic rings. The number of carbonyl (C=O) groups is 1. The molecular weight excluding hydrogens is 312 g/mol. The zero-order valence-corrected chi connectivity index (χ0v) is 14.2. The fourth-order valence-electron chi connectivity index (χ4n) is 2.18. The zero-order chi connectivity index (χ0) is 15.9. The van der Waals surface area contributed by atoms with Crippen LogP contribution in [0.4, 0.5) is 5.69 Å². The van der Waals surface area contributed by atoms with Crippen molar-refractivity contribution < 1.29 is 9.53 Å². The van der Waals surface area contributed by atoms with Crippen LogP contribution in [-0.2, 0) is 4.79 Å². The van der Waals surface area contributed by atoms with E-state index in [1.54, 1.807) is 0 Å². The molecule has 0 heterocycles. The Morgan fingerprint density at radius 2 is 1.74 bits per heavy atom. The van der Waals surface area contributed by atoms with E-state index in [9.17, 15) is 4.79 Å². The minimum Gasteiger partial charge on any atom is -0.494 e. The highest BCUT2D eigenvalue weighted by Crippen LogP contribution is 2.21. The van der Waals surface area contributed by atoms with Crippen LogP contribution in [0.15, 0.2) is 54.6 Å². The summed E-state index contributed by atoms with van der Waals surface area (Å²) in [6, 6.07) is 16.6. The molecular formula is C18H23ClN2O2. The van der Waals surface area contributed by atoms with Gasteiger partial charge in [-0.15, -0.1) is 12.4 Å². The fraction of sp³-hybridized carbons (Fsp3) is 0.278. The molecule has 2 aromatic carbocycles. The average Bonchev–Trinajstić information content (AvgIpc) is 2.56. The summed E-state index contributed by atoms with van der Waals surface area (Å²) in [4.78, 5) is 12.3. The number of anilines is 1. The van der Waals surface area contributed by atoms with E-state index in [1.165, 1.54) is 0 Å². The summed E-state index contributed by atoms with van der Waals surface area (Å²) >= 11 is 0. The molecule has 3 N–H and O–H groups in total. The lowest BCUT2D eigenvalue weighted by Gasteiger charge is -2.20. The molecule has 0 aromatic heterocycles. The van der Waals surface area contributed by atoms with Gasteiger partial charge in [0.2, 0.25) is 5.91 Å². The Kier molecular flexibility index (Phi) is 7.59. The van der Waals surface area contributed by atoms with Gasteiger partial charge in [-0.05, 0) is 36.8 Å². The van der Waals surface area contributed by atoms with Crippen LogP contribution >= 0.6 is 12.4 Å².